The van der Waals surface area contributed by atoms with Crippen LogP contribution in [-0.4, -0.2) is 19.3 Å². The van der Waals surface area contributed by atoms with Crippen LogP contribution in [0.5, 0.6) is 0 Å². The van der Waals surface area contributed by atoms with Crippen LogP contribution in [0.2, 0.25) is 0 Å². The summed E-state index contributed by atoms with van der Waals surface area (Å²) in [4.78, 5) is 2.84. The first-order valence-electron chi connectivity index (χ1n) is 6.57. The van der Waals surface area contributed by atoms with Gasteiger partial charge in [-0.05, 0) is 51.7 Å². The van der Waals surface area contributed by atoms with Crippen LogP contribution in [0.25, 0.3) is 0 Å². The van der Waals surface area contributed by atoms with Crippen LogP contribution in [0.3, 0.4) is 0 Å². The zero-order valence-electron chi connectivity index (χ0n) is 11.0. The van der Waals surface area contributed by atoms with E-state index in [0.29, 0.717) is 12.1 Å². The highest BCUT2D eigenvalue weighted by Crippen LogP contribution is 2.25. The first-order chi connectivity index (χ1) is 8.16. The number of ether oxygens (including phenoxy) is 1. The number of thiophene rings is 1. The molecule has 1 aromatic heterocycles. The first-order valence-corrected chi connectivity index (χ1v) is 7.38. The summed E-state index contributed by atoms with van der Waals surface area (Å²) in [7, 11) is 0. The normalized spacial score (nSPS) is 21.4. The van der Waals surface area contributed by atoms with Crippen molar-refractivity contribution in [3.05, 3.63) is 21.9 Å². The van der Waals surface area contributed by atoms with Crippen LogP contribution < -0.4 is 5.32 Å². The molecule has 0 spiro atoms. The van der Waals surface area contributed by atoms with Crippen LogP contribution in [0.15, 0.2) is 12.1 Å². The largest absolute Gasteiger partial charge is 0.381 e. The number of aryl methyl sites for hydroxylation is 1. The van der Waals surface area contributed by atoms with Crippen molar-refractivity contribution in [3.8, 4) is 0 Å². The smallest absolute Gasteiger partial charge is 0.0469 e. The topological polar surface area (TPSA) is 21.3 Å². The third kappa shape index (κ3) is 3.54. The highest BCUT2D eigenvalue weighted by molar-refractivity contribution is 7.12. The van der Waals surface area contributed by atoms with Crippen molar-refractivity contribution in [1.82, 2.24) is 5.32 Å². The molecule has 1 N–H and O–H groups in total. The number of hydrogen-bond acceptors (Lipinski definition) is 3. The first kappa shape index (κ1) is 13.1. The van der Waals surface area contributed by atoms with Crippen molar-refractivity contribution < 1.29 is 4.74 Å². The molecule has 1 aliphatic rings. The summed E-state index contributed by atoms with van der Waals surface area (Å²) in [6.45, 7) is 8.61. The minimum Gasteiger partial charge on any atom is -0.381 e. The van der Waals surface area contributed by atoms with Gasteiger partial charge in [-0.1, -0.05) is 0 Å². The Morgan fingerprint density at radius 3 is 2.59 bits per heavy atom. The van der Waals surface area contributed by atoms with E-state index in [1.807, 2.05) is 11.3 Å². The van der Waals surface area contributed by atoms with Crippen molar-refractivity contribution >= 4 is 11.3 Å². The average Bonchev–Trinajstić information content (AvgIpc) is 2.77. The van der Waals surface area contributed by atoms with E-state index in [4.69, 9.17) is 4.74 Å². The molecule has 0 aliphatic carbocycles. The maximum Gasteiger partial charge on any atom is 0.0469 e. The van der Waals surface area contributed by atoms with Crippen LogP contribution in [-0.2, 0) is 4.74 Å². The van der Waals surface area contributed by atoms with Gasteiger partial charge in [0.2, 0.25) is 0 Å². The Morgan fingerprint density at radius 2 is 2.00 bits per heavy atom. The molecule has 3 heteroatoms. The summed E-state index contributed by atoms with van der Waals surface area (Å²) < 4.78 is 5.42. The lowest BCUT2D eigenvalue weighted by molar-refractivity contribution is 0.0547. The van der Waals surface area contributed by atoms with Gasteiger partial charge in [0.1, 0.15) is 0 Å². The quantitative estimate of drug-likeness (QED) is 0.886. The molecule has 1 saturated heterocycles. The van der Waals surface area contributed by atoms with Crippen LogP contribution in [0.4, 0.5) is 0 Å². The maximum atomic E-state index is 5.42. The lowest BCUT2D eigenvalue weighted by Gasteiger charge is -2.30. The Kier molecular flexibility index (Phi) is 4.60. The third-order valence-electron chi connectivity index (χ3n) is 3.67. The van der Waals surface area contributed by atoms with Crippen LogP contribution in [0.1, 0.15) is 42.5 Å². The molecule has 1 fully saturated rings. The highest BCUT2D eigenvalue weighted by atomic mass is 32.1. The molecule has 0 aromatic carbocycles. The molecule has 96 valence electrons. The fourth-order valence-electron chi connectivity index (χ4n) is 2.51. The third-order valence-corrected chi connectivity index (χ3v) is 4.86. The van der Waals surface area contributed by atoms with E-state index in [1.54, 1.807) is 0 Å². The number of hydrogen-bond donors (Lipinski definition) is 1. The predicted octanol–water partition coefficient (Wildman–Crippen LogP) is 3.52. The van der Waals surface area contributed by atoms with Crippen molar-refractivity contribution in [2.45, 2.75) is 45.7 Å². The van der Waals surface area contributed by atoms with Crippen molar-refractivity contribution in [2.24, 2.45) is 5.92 Å². The van der Waals surface area contributed by atoms with Crippen LogP contribution >= 0.6 is 11.3 Å². The fraction of sp³-hybridized carbons (Fsp3) is 0.714. The Bertz CT molecular complexity index is 344. The SMILES string of the molecule is Cc1ccc(C(C)NC(C)C2CCOCC2)s1. The van der Waals surface area contributed by atoms with E-state index in [-0.39, 0.29) is 0 Å². The summed E-state index contributed by atoms with van der Waals surface area (Å²) in [5, 5.41) is 3.73. The minimum absolute atomic E-state index is 0.464. The van der Waals surface area contributed by atoms with E-state index in [0.717, 1.165) is 19.1 Å². The van der Waals surface area contributed by atoms with E-state index in [1.165, 1.54) is 22.6 Å². The molecule has 2 atom stereocenters. The second-order valence-corrected chi connectivity index (χ2v) is 6.39. The van der Waals surface area contributed by atoms with E-state index in [9.17, 15) is 0 Å². The Morgan fingerprint density at radius 1 is 1.29 bits per heavy atom. The molecule has 2 unspecified atom stereocenters. The molecule has 0 amide bonds. The molecule has 0 radical (unpaired) electrons. The van der Waals surface area contributed by atoms with Gasteiger partial charge < -0.3 is 10.1 Å². The van der Waals surface area contributed by atoms with E-state index >= 15 is 0 Å². The van der Waals surface area contributed by atoms with Gasteiger partial charge in [-0.2, -0.15) is 0 Å². The molecule has 1 aromatic rings. The lowest BCUT2D eigenvalue weighted by Crippen LogP contribution is -2.37. The van der Waals surface area contributed by atoms with Gasteiger partial charge in [0.15, 0.2) is 0 Å². The second kappa shape index (κ2) is 5.98. The fourth-order valence-corrected chi connectivity index (χ4v) is 3.40. The zero-order chi connectivity index (χ0) is 12.3. The molecule has 0 bridgehead atoms. The summed E-state index contributed by atoms with van der Waals surface area (Å²) in [5.41, 5.74) is 0. The molecular formula is C14H23NOS. The molecular weight excluding hydrogens is 230 g/mol. The summed E-state index contributed by atoms with van der Waals surface area (Å²) in [5.74, 6) is 0.771. The minimum atomic E-state index is 0.464. The van der Waals surface area contributed by atoms with Gasteiger partial charge in [-0.25, -0.2) is 0 Å². The van der Waals surface area contributed by atoms with Crippen molar-refractivity contribution in [1.29, 1.82) is 0 Å². The summed E-state index contributed by atoms with van der Waals surface area (Å²) in [6.07, 6.45) is 2.40. The maximum absolute atomic E-state index is 5.42. The molecule has 0 saturated carbocycles. The van der Waals surface area contributed by atoms with E-state index < -0.39 is 0 Å². The standard InChI is InChI=1S/C14H23NOS/c1-10-4-5-14(17-10)12(3)15-11(2)13-6-8-16-9-7-13/h4-5,11-13,15H,6-9H2,1-3H3. The van der Waals surface area contributed by atoms with Gasteiger partial charge in [0.25, 0.3) is 0 Å². The van der Waals surface area contributed by atoms with Gasteiger partial charge in [0, 0.05) is 35.1 Å². The van der Waals surface area contributed by atoms with Crippen molar-refractivity contribution in [2.75, 3.05) is 13.2 Å². The summed E-state index contributed by atoms with van der Waals surface area (Å²) >= 11 is 1.90. The van der Waals surface area contributed by atoms with Gasteiger partial charge in [-0.3, -0.25) is 0 Å². The average molecular weight is 253 g/mol. The number of nitrogens with one attached hydrogen (secondary N) is 1. The van der Waals surface area contributed by atoms with E-state index in [2.05, 4.69) is 38.2 Å². The molecule has 17 heavy (non-hydrogen) atoms. The predicted molar refractivity (Wildman–Crippen MR) is 73.6 cm³/mol. The Balaban J connectivity index is 1.87. The molecule has 1 aliphatic heterocycles. The van der Waals surface area contributed by atoms with Gasteiger partial charge >= 0.3 is 0 Å². The number of rotatable bonds is 4. The Hall–Kier alpha value is -0.380. The van der Waals surface area contributed by atoms with Crippen molar-refractivity contribution in [3.63, 3.8) is 0 Å². The van der Waals surface area contributed by atoms with Gasteiger partial charge in [0.05, 0.1) is 0 Å². The zero-order valence-corrected chi connectivity index (χ0v) is 11.8. The molecule has 2 heterocycles. The van der Waals surface area contributed by atoms with Crippen LogP contribution in [0, 0.1) is 12.8 Å². The molecule has 2 nitrogen and oxygen atoms in total. The Labute approximate surface area is 108 Å². The highest BCUT2D eigenvalue weighted by Gasteiger charge is 2.22. The monoisotopic (exact) mass is 253 g/mol. The molecule has 2 rings (SSSR count). The lowest BCUT2D eigenvalue weighted by atomic mass is 9.92. The van der Waals surface area contributed by atoms with Gasteiger partial charge in [-0.15, -0.1) is 11.3 Å². The summed E-state index contributed by atoms with van der Waals surface area (Å²) in [6, 6.07) is 5.49. The second-order valence-electron chi connectivity index (χ2n) is 5.08.